The van der Waals surface area contributed by atoms with Crippen molar-refractivity contribution >= 4 is 53.2 Å². The molecule has 0 spiro atoms. The number of carboxylic acids is 1. The quantitative estimate of drug-likeness (QED) is 0.0236. The smallest absolute Gasteiger partial charge is 0.308 e. The number of aliphatic carboxylic acids is 1. The summed E-state index contributed by atoms with van der Waals surface area (Å²) in [6, 6.07) is -4.44. The predicted molar refractivity (Wildman–Crippen MR) is 399 cm³/mol. The van der Waals surface area contributed by atoms with Crippen LogP contribution in [0.3, 0.4) is 0 Å². The highest BCUT2D eigenvalue weighted by molar-refractivity contribution is 7.43. The number of nitrogens with one attached hydrogen (secondary N) is 2. The number of unbranched alkanes of at least 4 members (excludes halogenated alkanes) is 32. The van der Waals surface area contributed by atoms with Crippen LogP contribution in [0, 0.1) is 0 Å². The fraction of sp³-hybridized carbons (Fsp3) is 0.934. The number of rotatable bonds is 67. The Morgan fingerprint density at radius 3 is 1.14 bits per heavy atom. The Morgan fingerprint density at radius 1 is 0.439 bits per heavy atom. The van der Waals surface area contributed by atoms with E-state index in [2.05, 4.69) is 42.9 Å². The van der Waals surface area contributed by atoms with Crippen LogP contribution in [0.25, 0.3) is 0 Å². The minimum absolute atomic E-state index is 0.0102. The molecule has 2 amide bonds. The molecule has 670 valence electrons. The second-order valence-corrected chi connectivity index (χ2v) is 34.3. The highest BCUT2D eigenvalue weighted by Crippen LogP contribution is 2.43. The van der Waals surface area contributed by atoms with Crippen molar-refractivity contribution in [3.05, 3.63) is 0 Å². The summed E-state index contributed by atoms with van der Waals surface area (Å²) < 4.78 is 93.2. The highest BCUT2D eigenvalue weighted by Gasteiger charge is 2.57. The summed E-state index contributed by atoms with van der Waals surface area (Å²) in [6.45, 7) is 4.14. The van der Waals surface area contributed by atoms with Crippen LogP contribution in [0.1, 0.15) is 317 Å². The first-order valence-electron chi connectivity index (χ1n) is 42.0. The zero-order valence-corrected chi connectivity index (χ0v) is 70.1. The van der Waals surface area contributed by atoms with Gasteiger partial charge in [0.15, 0.2) is 24.8 Å². The van der Waals surface area contributed by atoms with E-state index in [1.165, 1.54) is 0 Å². The molecule has 0 aromatic heterocycles. The van der Waals surface area contributed by atoms with Gasteiger partial charge in [-0.15, -0.1) is 0 Å². The maximum atomic E-state index is 14.5. The Kier molecular flexibility index (Phi) is 53.8. The lowest BCUT2D eigenvalue weighted by Crippen LogP contribution is -2.69. The van der Waals surface area contributed by atoms with E-state index in [0.29, 0.717) is 51.4 Å². The SMILES string of the molecule is CCCCCCCCCCC[C@@H](O)CC(=O)N[C@H]1[C@H](OC[C@H]2O[C@H](OP(=O)([O-])[O-])[C@H](NC(=O)C[C@H](O)CCCCCCCCCCC)[C@@H](OC(=O)C[C@H](O)CCCCCCCCCCC)[C@@H]2O)O[C@H](CO[C@]2(C(=O)[O-])C[C@@H](OP(=O)([O-])[O-])[C@@H](O)[C@@H]([C@H](O)CO)O2)[C@@H](OP(=O)([O-])[O-])[C@@H]1OC(=O)C[C@H](O)CCCCCCCCCCC. The van der Waals surface area contributed by atoms with Crippen molar-refractivity contribution in [1.82, 2.24) is 10.6 Å². The molecule has 0 aromatic rings. The van der Waals surface area contributed by atoms with Gasteiger partial charge in [-0.25, -0.2) is 0 Å². The van der Waals surface area contributed by atoms with Crippen LogP contribution < -0.4 is 45.1 Å². The summed E-state index contributed by atoms with van der Waals surface area (Å²) in [5.74, 6) is -11.0. The Labute approximate surface area is 673 Å². The van der Waals surface area contributed by atoms with Gasteiger partial charge in [0.25, 0.3) is 0 Å². The van der Waals surface area contributed by atoms with E-state index in [1.807, 2.05) is 0 Å². The zero-order valence-electron chi connectivity index (χ0n) is 67.5. The summed E-state index contributed by atoms with van der Waals surface area (Å²) in [6.07, 6.45) is -6.80. The summed E-state index contributed by atoms with van der Waals surface area (Å²) >= 11 is 0. The number of amides is 2. The van der Waals surface area contributed by atoms with E-state index in [4.69, 9.17) is 42.2 Å². The number of carboxylic acid groups (broad SMARTS) is 1. The van der Waals surface area contributed by atoms with Crippen LogP contribution in [0.4, 0.5) is 0 Å². The fourth-order valence-corrected chi connectivity index (χ4v) is 16.0. The molecule has 3 aliphatic heterocycles. The zero-order chi connectivity index (χ0) is 84.7. The van der Waals surface area contributed by atoms with Gasteiger partial charge < -0.3 is 151 Å². The second-order valence-electron chi connectivity index (χ2n) is 30.9. The van der Waals surface area contributed by atoms with Gasteiger partial charge in [0.05, 0.1) is 99.5 Å². The van der Waals surface area contributed by atoms with Crippen LogP contribution >= 0.6 is 23.5 Å². The molecule has 0 bridgehead atoms. The van der Waals surface area contributed by atoms with Crippen molar-refractivity contribution in [2.24, 2.45) is 0 Å². The molecular formula is C76H136N2O33P3-7. The van der Waals surface area contributed by atoms with Crippen molar-refractivity contribution in [2.45, 2.75) is 433 Å². The molecule has 0 radical (unpaired) electrons. The molecule has 10 N–H and O–H groups in total. The first-order chi connectivity index (χ1) is 54.1. The molecule has 0 aliphatic carbocycles. The minimum atomic E-state index is -6.54. The molecule has 0 unspecified atom stereocenters. The highest BCUT2D eigenvalue weighted by atomic mass is 31.2. The van der Waals surface area contributed by atoms with Crippen LogP contribution in [-0.4, -0.2) is 206 Å². The standard InChI is InChI=1S/C76H143N2O33P3/c1-5-9-13-17-21-25-29-33-37-41-53(80)45-61(85)77-65-71(106-63(87)47-55(82)43-39-35-31-27-23-19-15-11-7-3)68(90)59(104-74(65)111-114(99,100)101)51-102-73-66(78-62(86)46-54(81)42-38-34-30-26-22-18-14-10-6-2)72(107-64(88)48-56(83)44-40-36-32-28-24-20-16-12-8-4)70(110-113(96,97)98)60(105-73)52-103-76(75(91)92)49-58(109-112(93,94)95)67(89)69(108-76)57(84)50-79/h53-60,65-74,79-84,89-90H,5-52H2,1-4H3,(H,77,85)(H,78,86)(H,91,92)(H2,93,94,95)(H2,96,97,98)(H2,99,100,101)/p-7/t53-,54-,55-,56-,57-,58-,59-,60-,65-,66-,67-,68-,69-,70-,71-,72-,73-,74-,76-/m1/s1. The molecule has 35 nitrogen and oxygen atoms in total. The molecule has 3 fully saturated rings. The number of hydrogen-bond donors (Lipinski definition) is 10. The summed E-state index contributed by atoms with van der Waals surface area (Å²) in [4.78, 5) is 146. The lowest BCUT2D eigenvalue weighted by atomic mass is 9.92. The molecule has 3 aliphatic rings. The number of hydrogen-bond acceptors (Lipinski definition) is 33. The van der Waals surface area contributed by atoms with Crippen molar-refractivity contribution < 1.29 is 160 Å². The monoisotopic (exact) mass is 1700 g/mol. The predicted octanol–water partition coefficient (Wildman–Crippen LogP) is 3.53. The molecule has 0 aromatic carbocycles. The second kappa shape index (κ2) is 58.2. The lowest BCUT2D eigenvalue weighted by molar-refractivity contribution is -0.398. The third-order valence-corrected chi connectivity index (χ3v) is 22.3. The largest absolute Gasteiger partial charge is 0.790 e. The summed E-state index contributed by atoms with van der Waals surface area (Å²) in [5.41, 5.74) is 0. The minimum Gasteiger partial charge on any atom is -0.790 e. The van der Waals surface area contributed by atoms with E-state index in [1.54, 1.807) is 0 Å². The van der Waals surface area contributed by atoms with Crippen molar-refractivity contribution in [3.8, 4) is 0 Å². The van der Waals surface area contributed by atoms with Gasteiger partial charge >= 0.3 is 11.9 Å². The van der Waals surface area contributed by atoms with E-state index in [0.717, 1.165) is 180 Å². The summed E-state index contributed by atoms with van der Waals surface area (Å²) in [7, 11) is -19.1. The van der Waals surface area contributed by atoms with Crippen LogP contribution in [-0.2, 0) is 84.4 Å². The third-order valence-electron chi connectivity index (χ3n) is 20.8. The normalized spacial score (nSPS) is 25.6. The molecule has 3 rings (SSSR count). The molecule has 3 saturated heterocycles. The lowest BCUT2D eigenvalue weighted by Gasteiger charge is -2.51. The van der Waals surface area contributed by atoms with Crippen molar-refractivity contribution in [3.63, 3.8) is 0 Å². The van der Waals surface area contributed by atoms with Gasteiger partial charge in [0.2, 0.25) is 17.6 Å². The van der Waals surface area contributed by atoms with Gasteiger partial charge in [0.1, 0.15) is 60.8 Å². The number of carbonyl (C=O) groups is 5. The molecular weight excluding hydrogens is 1560 g/mol. The number of carbonyl (C=O) groups excluding carboxylic acids is 5. The van der Waals surface area contributed by atoms with Gasteiger partial charge in [-0.2, -0.15) is 0 Å². The molecule has 19 atom stereocenters. The first-order valence-corrected chi connectivity index (χ1v) is 46.4. The van der Waals surface area contributed by atoms with Gasteiger partial charge in [0, 0.05) is 6.42 Å². The first kappa shape index (κ1) is 105. The summed E-state index contributed by atoms with van der Waals surface area (Å²) in [5, 5.41) is 107. The number of aliphatic hydroxyl groups is 8. The number of esters is 2. The van der Waals surface area contributed by atoms with Crippen molar-refractivity contribution in [1.29, 1.82) is 0 Å². The van der Waals surface area contributed by atoms with Crippen molar-refractivity contribution in [2.75, 3.05) is 19.8 Å². The van der Waals surface area contributed by atoms with Gasteiger partial charge in [-0.1, -0.05) is 259 Å². The maximum absolute atomic E-state index is 14.5. The Morgan fingerprint density at radius 2 is 0.781 bits per heavy atom. The molecule has 38 heteroatoms. The maximum Gasteiger partial charge on any atom is 0.308 e. The van der Waals surface area contributed by atoms with Gasteiger partial charge in [-0.05, 0) is 25.7 Å². The third kappa shape index (κ3) is 44.6. The topological polar surface area (TPSA) is 576 Å². The van der Waals surface area contributed by atoms with Gasteiger partial charge in [-0.3, -0.25) is 19.2 Å². The number of phosphoric acid groups is 3. The van der Waals surface area contributed by atoms with E-state index in [9.17, 15) is 113 Å². The average molecular weight is 1700 g/mol. The number of phosphoric ester groups is 3. The fourth-order valence-electron chi connectivity index (χ4n) is 14.5. The van der Waals surface area contributed by atoms with Crippen LogP contribution in [0.2, 0.25) is 0 Å². The molecule has 3 heterocycles. The van der Waals surface area contributed by atoms with E-state index < -0.39 is 221 Å². The van der Waals surface area contributed by atoms with E-state index in [-0.39, 0.29) is 25.7 Å². The average Bonchev–Trinajstić information content (AvgIpc) is 0.768. The Balaban J connectivity index is 2.26. The molecule has 0 saturated carbocycles. The molecule has 114 heavy (non-hydrogen) atoms. The van der Waals surface area contributed by atoms with E-state index >= 15 is 0 Å². The number of ether oxygens (including phenoxy) is 7. The number of aliphatic hydroxyl groups excluding tert-OH is 8. The Bertz CT molecular complexity index is 2770. The van der Waals surface area contributed by atoms with Crippen LogP contribution in [0.15, 0.2) is 0 Å². The van der Waals surface area contributed by atoms with Crippen LogP contribution in [0.5, 0.6) is 0 Å². The Hall–Kier alpha value is -2.84.